The van der Waals surface area contributed by atoms with E-state index in [1.54, 1.807) is 10.8 Å². The topological polar surface area (TPSA) is 94.2 Å². The molecule has 0 aliphatic carbocycles. The first-order chi connectivity index (χ1) is 12.5. The predicted octanol–water partition coefficient (Wildman–Crippen LogP) is 3.56. The fraction of sp³-hybridized carbons (Fsp3) is 0.158. The average Bonchev–Trinajstić information content (AvgIpc) is 2.99. The summed E-state index contributed by atoms with van der Waals surface area (Å²) in [6, 6.07) is 11.4. The molecule has 0 aliphatic heterocycles. The zero-order valence-electron chi connectivity index (χ0n) is 14.1. The number of para-hydroxylation sites is 1. The number of nitro groups is 1. The SMILES string of the molecule is CCc1cccc2c(C=O)cn(CC(=O)Nc3ccc([N+](=O)[O-])cc3)c12. The third-order valence-corrected chi connectivity index (χ3v) is 4.20. The summed E-state index contributed by atoms with van der Waals surface area (Å²) in [5, 5.41) is 14.2. The van der Waals surface area contributed by atoms with Gasteiger partial charge in [-0.25, -0.2) is 0 Å². The van der Waals surface area contributed by atoms with Crippen LogP contribution in [0.3, 0.4) is 0 Å². The van der Waals surface area contributed by atoms with Gasteiger partial charge < -0.3 is 9.88 Å². The molecule has 1 heterocycles. The van der Waals surface area contributed by atoms with Gasteiger partial charge in [-0.15, -0.1) is 0 Å². The maximum Gasteiger partial charge on any atom is 0.269 e. The van der Waals surface area contributed by atoms with Gasteiger partial charge >= 0.3 is 0 Å². The van der Waals surface area contributed by atoms with Crippen LogP contribution >= 0.6 is 0 Å². The maximum atomic E-state index is 12.4. The Balaban J connectivity index is 1.85. The van der Waals surface area contributed by atoms with Crippen LogP contribution in [0.2, 0.25) is 0 Å². The van der Waals surface area contributed by atoms with Crippen molar-refractivity contribution in [3.05, 3.63) is 69.9 Å². The van der Waals surface area contributed by atoms with Crippen molar-refractivity contribution in [3.8, 4) is 0 Å². The molecule has 0 unspecified atom stereocenters. The second kappa shape index (κ2) is 7.18. The molecule has 7 nitrogen and oxygen atoms in total. The lowest BCUT2D eigenvalue weighted by atomic mass is 10.1. The van der Waals surface area contributed by atoms with E-state index in [1.807, 2.05) is 25.1 Å². The Morgan fingerprint density at radius 3 is 2.58 bits per heavy atom. The molecule has 0 radical (unpaired) electrons. The first-order valence-corrected chi connectivity index (χ1v) is 8.13. The van der Waals surface area contributed by atoms with E-state index in [2.05, 4.69) is 5.32 Å². The molecule has 0 saturated carbocycles. The van der Waals surface area contributed by atoms with Crippen molar-refractivity contribution in [3.63, 3.8) is 0 Å². The molecule has 3 aromatic rings. The molecule has 26 heavy (non-hydrogen) atoms. The first kappa shape index (κ1) is 17.3. The minimum absolute atomic E-state index is 0.0392. The molecule has 1 N–H and O–H groups in total. The number of aldehydes is 1. The number of hydrogen-bond acceptors (Lipinski definition) is 4. The fourth-order valence-corrected chi connectivity index (χ4v) is 2.99. The molecule has 0 atom stereocenters. The Kier molecular flexibility index (Phi) is 4.79. The van der Waals surface area contributed by atoms with Gasteiger partial charge in [0.25, 0.3) is 5.69 Å². The van der Waals surface area contributed by atoms with Crippen molar-refractivity contribution in [2.75, 3.05) is 5.32 Å². The highest BCUT2D eigenvalue weighted by Gasteiger charge is 2.14. The molecule has 0 bridgehead atoms. The number of hydrogen-bond donors (Lipinski definition) is 1. The van der Waals surface area contributed by atoms with E-state index in [9.17, 15) is 19.7 Å². The number of nitro benzene ring substituents is 1. The minimum atomic E-state index is -0.495. The van der Waals surface area contributed by atoms with E-state index in [0.29, 0.717) is 11.3 Å². The van der Waals surface area contributed by atoms with E-state index in [1.165, 1.54) is 24.3 Å². The molecule has 0 spiro atoms. The lowest BCUT2D eigenvalue weighted by Gasteiger charge is -2.09. The molecular weight excluding hydrogens is 334 g/mol. The molecule has 0 aliphatic rings. The van der Waals surface area contributed by atoms with Crippen LogP contribution in [0, 0.1) is 10.1 Å². The van der Waals surface area contributed by atoms with E-state index >= 15 is 0 Å². The van der Waals surface area contributed by atoms with Gasteiger partial charge in [0.2, 0.25) is 5.91 Å². The normalized spacial score (nSPS) is 10.7. The standard InChI is InChI=1S/C19H17N3O4/c1-2-13-4-3-5-17-14(12-23)10-21(19(13)17)11-18(24)20-15-6-8-16(9-7-15)22(25)26/h3-10,12H,2,11H2,1H3,(H,20,24). The molecule has 0 fully saturated rings. The summed E-state index contributed by atoms with van der Waals surface area (Å²) in [7, 11) is 0. The van der Waals surface area contributed by atoms with Crippen molar-refractivity contribution in [2.45, 2.75) is 19.9 Å². The van der Waals surface area contributed by atoms with Crippen molar-refractivity contribution < 1.29 is 14.5 Å². The summed E-state index contributed by atoms with van der Waals surface area (Å²) in [5.41, 5.74) is 2.90. The number of aryl methyl sites for hydroxylation is 1. The number of aromatic nitrogens is 1. The van der Waals surface area contributed by atoms with Crippen molar-refractivity contribution in [1.82, 2.24) is 4.57 Å². The van der Waals surface area contributed by atoms with E-state index in [0.717, 1.165) is 29.2 Å². The summed E-state index contributed by atoms with van der Waals surface area (Å²) in [4.78, 5) is 33.9. The van der Waals surface area contributed by atoms with E-state index in [-0.39, 0.29) is 18.1 Å². The maximum absolute atomic E-state index is 12.4. The van der Waals surface area contributed by atoms with Gasteiger partial charge in [0.15, 0.2) is 6.29 Å². The summed E-state index contributed by atoms with van der Waals surface area (Å²) >= 11 is 0. The lowest BCUT2D eigenvalue weighted by molar-refractivity contribution is -0.384. The second-order valence-corrected chi connectivity index (χ2v) is 5.85. The second-order valence-electron chi connectivity index (χ2n) is 5.85. The van der Waals surface area contributed by atoms with Crippen molar-refractivity contribution >= 4 is 34.5 Å². The van der Waals surface area contributed by atoms with Crippen LogP contribution in [0.15, 0.2) is 48.7 Å². The average molecular weight is 351 g/mol. The zero-order valence-corrected chi connectivity index (χ0v) is 14.1. The molecule has 132 valence electrons. The number of benzene rings is 2. The summed E-state index contributed by atoms with van der Waals surface area (Å²) in [5.74, 6) is -0.279. The monoisotopic (exact) mass is 351 g/mol. The molecule has 0 saturated heterocycles. The number of non-ortho nitro benzene ring substituents is 1. The van der Waals surface area contributed by atoms with Crippen LogP contribution in [-0.4, -0.2) is 21.7 Å². The highest BCUT2D eigenvalue weighted by molar-refractivity contribution is 6.00. The van der Waals surface area contributed by atoms with E-state index in [4.69, 9.17) is 0 Å². The van der Waals surface area contributed by atoms with Gasteiger partial charge in [0, 0.05) is 35.0 Å². The quantitative estimate of drug-likeness (QED) is 0.417. The van der Waals surface area contributed by atoms with E-state index < -0.39 is 4.92 Å². The van der Waals surface area contributed by atoms with Crippen LogP contribution in [0.5, 0.6) is 0 Å². The highest BCUT2D eigenvalue weighted by Crippen LogP contribution is 2.24. The summed E-state index contributed by atoms with van der Waals surface area (Å²) in [6.45, 7) is 2.06. The Morgan fingerprint density at radius 1 is 1.23 bits per heavy atom. The van der Waals surface area contributed by atoms with Crippen molar-refractivity contribution in [2.24, 2.45) is 0 Å². The Labute approximate surface area is 149 Å². The van der Waals surface area contributed by atoms with Crippen LogP contribution in [-0.2, 0) is 17.8 Å². The van der Waals surface area contributed by atoms with Gasteiger partial charge in [-0.05, 0) is 24.1 Å². The van der Waals surface area contributed by atoms with Gasteiger partial charge in [-0.1, -0.05) is 25.1 Å². The van der Waals surface area contributed by atoms with Gasteiger partial charge in [-0.2, -0.15) is 0 Å². The van der Waals surface area contributed by atoms with Crippen LogP contribution < -0.4 is 5.32 Å². The third kappa shape index (κ3) is 3.32. The molecule has 7 heteroatoms. The van der Waals surface area contributed by atoms with Crippen LogP contribution in [0.25, 0.3) is 10.9 Å². The number of nitrogens with one attached hydrogen (secondary N) is 1. The molecule has 2 aromatic carbocycles. The predicted molar refractivity (Wildman–Crippen MR) is 98.4 cm³/mol. The van der Waals surface area contributed by atoms with Gasteiger partial charge in [-0.3, -0.25) is 19.7 Å². The smallest absolute Gasteiger partial charge is 0.269 e. The number of carbonyl (C=O) groups is 2. The number of rotatable bonds is 6. The number of amides is 1. The molecule has 1 amide bonds. The van der Waals surface area contributed by atoms with Crippen LogP contribution in [0.4, 0.5) is 11.4 Å². The Hall–Kier alpha value is -3.48. The largest absolute Gasteiger partial charge is 0.337 e. The summed E-state index contributed by atoms with van der Waals surface area (Å²) in [6.07, 6.45) is 3.24. The molecule has 1 aromatic heterocycles. The van der Waals surface area contributed by atoms with Gasteiger partial charge in [0.1, 0.15) is 6.54 Å². The summed E-state index contributed by atoms with van der Waals surface area (Å²) < 4.78 is 1.76. The Morgan fingerprint density at radius 2 is 1.96 bits per heavy atom. The first-order valence-electron chi connectivity index (χ1n) is 8.13. The highest BCUT2D eigenvalue weighted by atomic mass is 16.6. The number of nitrogens with zero attached hydrogens (tertiary/aromatic N) is 2. The van der Waals surface area contributed by atoms with Crippen molar-refractivity contribution in [1.29, 1.82) is 0 Å². The minimum Gasteiger partial charge on any atom is -0.337 e. The fourth-order valence-electron chi connectivity index (χ4n) is 2.99. The number of carbonyl (C=O) groups excluding carboxylic acids is 2. The third-order valence-electron chi connectivity index (χ3n) is 4.20. The molecule has 3 rings (SSSR count). The number of anilines is 1. The van der Waals surface area contributed by atoms with Gasteiger partial charge in [0.05, 0.1) is 10.4 Å². The lowest BCUT2D eigenvalue weighted by Crippen LogP contribution is -2.18. The zero-order chi connectivity index (χ0) is 18.7. The Bertz CT molecular complexity index is 990. The number of fused-ring (bicyclic) bond motifs is 1. The molecular formula is C19H17N3O4. The van der Waals surface area contributed by atoms with Crippen LogP contribution in [0.1, 0.15) is 22.8 Å².